The normalized spacial score (nSPS) is 17.2. The summed E-state index contributed by atoms with van der Waals surface area (Å²) >= 11 is 10.1. The number of aromatic nitrogens is 1. The molecule has 4 heterocycles. The topological polar surface area (TPSA) is 37.3 Å². The summed E-state index contributed by atoms with van der Waals surface area (Å²) < 4.78 is 2.31. The minimum Gasteiger partial charge on any atom is -0.310 e. The van der Waals surface area contributed by atoms with Crippen LogP contribution in [-0.4, -0.2) is 15.5 Å². The monoisotopic (exact) mass is 493 g/mol. The van der Waals surface area contributed by atoms with E-state index in [1.807, 2.05) is 41.4 Å². The molecule has 168 valence electrons. The van der Waals surface area contributed by atoms with Gasteiger partial charge in [0.2, 0.25) is 0 Å². The molecule has 1 aromatic carbocycles. The Kier molecular flexibility index (Phi) is 5.32. The van der Waals surface area contributed by atoms with Gasteiger partial charge in [-0.3, -0.25) is 0 Å². The molecule has 0 bridgehead atoms. The summed E-state index contributed by atoms with van der Waals surface area (Å²) in [7, 11) is 0. The van der Waals surface area contributed by atoms with Crippen molar-refractivity contribution >= 4 is 46.0 Å². The number of carbonyl (C=O) groups excluding carboxylic acids is 1. The van der Waals surface area contributed by atoms with E-state index in [4.69, 9.17) is 11.6 Å². The van der Waals surface area contributed by atoms with Crippen molar-refractivity contribution in [1.29, 1.82) is 0 Å². The first-order chi connectivity index (χ1) is 16.1. The summed E-state index contributed by atoms with van der Waals surface area (Å²) in [6.07, 6.45) is 6.85. The molecule has 2 aliphatic rings. The van der Waals surface area contributed by atoms with Crippen molar-refractivity contribution in [3.63, 3.8) is 0 Å². The number of nitrogens with one attached hydrogen (secondary N) is 1. The van der Waals surface area contributed by atoms with E-state index >= 15 is 0 Å². The van der Waals surface area contributed by atoms with Gasteiger partial charge in [0.25, 0.3) is 0 Å². The van der Waals surface area contributed by atoms with Gasteiger partial charge in [-0.2, -0.15) is 0 Å². The largest absolute Gasteiger partial charge is 0.323 e. The summed E-state index contributed by atoms with van der Waals surface area (Å²) in [5, 5.41) is 7.02. The van der Waals surface area contributed by atoms with Crippen LogP contribution in [0.3, 0.4) is 0 Å². The lowest BCUT2D eigenvalue weighted by atomic mass is 9.95. The minimum absolute atomic E-state index is 0.129. The molecule has 2 amide bonds. The van der Waals surface area contributed by atoms with Gasteiger partial charge in [-0.25, -0.2) is 4.79 Å². The number of hydrogen-bond donors (Lipinski definition) is 1. The zero-order valence-electron chi connectivity index (χ0n) is 18.3. The second-order valence-corrected chi connectivity index (χ2v) is 11.2. The van der Waals surface area contributed by atoms with Crippen LogP contribution in [0.15, 0.2) is 54.0 Å². The number of urea groups is 1. The first-order valence-electron chi connectivity index (χ1n) is 11.3. The highest BCUT2D eigenvalue weighted by Gasteiger charge is 2.36. The Morgan fingerprint density at radius 1 is 1.12 bits per heavy atom. The molecular formula is C26H24ClN3OS2. The molecule has 0 spiro atoms. The van der Waals surface area contributed by atoms with Crippen LogP contribution >= 0.6 is 34.3 Å². The number of hydrogen-bond acceptors (Lipinski definition) is 3. The maximum absolute atomic E-state index is 13.8. The molecule has 1 aliphatic heterocycles. The van der Waals surface area contributed by atoms with E-state index in [2.05, 4.69) is 45.7 Å². The quantitative estimate of drug-likeness (QED) is 0.307. The molecule has 0 unspecified atom stereocenters. The average Bonchev–Trinajstić information content (AvgIpc) is 3.55. The summed E-state index contributed by atoms with van der Waals surface area (Å²) in [5.74, 6) is 0. The van der Waals surface area contributed by atoms with Crippen LogP contribution in [0, 0.1) is 6.92 Å². The van der Waals surface area contributed by atoms with Crippen molar-refractivity contribution in [3.05, 3.63) is 91.2 Å². The summed E-state index contributed by atoms with van der Waals surface area (Å²) in [5.41, 5.74) is 5.59. The van der Waals surface area contributed by atoms with Gasteiger partial charge in [0.15, 0.2) is 0 Å². The van der Waals surface area contributed by atoms with E-state index in [9.17, 15) is 4.79 Å². The highest BCUT2D eigenvalue weighted by Crippen LogP contribution is 2.44. The van der Waals surface area contributed by atoms with Gasteiger partial charge in [-0.05, 0) is 79.4 Å². The molecular weight excluding hydrogens is 470 g/mol. The van der Waals surface area contributed by atoms with Crippen LogP contribution in [0.25, 0.3) is 5.00 Å². The number of nitrogens with zero attached hydrogens (tertiary/aromatic N) is 2. The molecule has 6 rings (SSSR count). The van der Waals surface area contributed by atoms with Crippen LogP contribution in [0.1, 0.15) is 51.0 Å². The Balaban J connectivity index is 1.48. The number of halogens is 1. The lowest BCUT2D eigenvalue weighted by Crippen LogP contribution is -2.37. The zero-order valence-corrected chi connectivity index (χ0v) is 20.7. The van der Waals surface area contributed by atoms with Crippen LogP contribution in [-0.2, 0) is 19.4 Å². The highest BCUT2D eigenvalue weighted by atomic mass is 35.5. The van der Waals surface area contributed by atoms with Crippen LogP contribution in [0.4, 0.5) is 10.5 Å². The molecule has 0 fully saturated rings. The fourth-order valence-corrected chi connectivity index (χ4v) is 7.58. The summed E-state index contributed by atoms with van der Waals surface area (Å²) in [6, 6.07) is 13.9. The van der Waals surface area contributed by atoms with Crippen molar-refractivity contribution in [2.75, 3.05) is 5.32 Å². The van der Waals surface area contributed by atoms with E-state index in [-0.39, 0.29) is 12.1 Å². The Bertz CT molecular complexity index is 1340. The first kappa shape index (κ1) is 21.0. The van der Waals surface area contributed by atoms with E-state index in [0.29, 0.717) is 17.3 Å². The number of carbonyl (C=O) groups is 1. The minimum atomic E-state index is -0.164. The number of aryl methyl sites for hydroxylation is 2. The fraction of sp³-hybridized carbons (Fsp3) is 0.269. The number of rotatable bonds is 2. The second-order valence-electron chi connectivity index (χ2n) is 8.76. The van der Waals surface area contributed by atoms with E-state index in [1.165, 1.54) is 33.8 Å². The Morgan fingerprint density at radius 2 is 2.00 bits per heavy atom. The van der Waals surface area contributed by atoms with Gasteiger partial charge in [0.05, 0.1) is 22.9 Å². The number of anilines is 1. The van der Waals surface area contributed by atoms with E-state index < -0.39 is 0 Å². The van der Waals surface area contributed by atoms with Gasteiger partial charge >= 0.3 is 6.03 Å². The van der Waals surface area contributed by atoms with Crippen molar-refractivity contribution in [3.8, 4) is 5.00 Å². The molecule has 3 aromatic heterocycles. The Labute approximate surface area is 206 Å². The molecule has 4 aromatic rings. The maximum Gasteiger partial charge on any atom is 0.323 e. The third-order valence-electron chi connectivity index (χ3n) is 6.62. The predicted molar refractivity (Wildman–Crippen MR) is 137 cm³/mol. The number of benzene rings is 1. The maximum atomic E-state index is 13.8. The summed E-state index contributed by atoms with van der Waals surface area (Å²) in [6.45, 7) is 2.58. The highest BCUT2D eigenvalue weighted by molar-refractivity contribution is 7.15. The Morgan fingerprint density at radius 3 is 2.82 bits per heavy atom. The van der Waals surface area contributed by atoms with E-state index in [1.54, 1.807) is 11.3 Å². The number of fused-ring (bicyclic) bond motifs is 5. The third-order valence-corrected chi connectivity index (χ3v) is 9.19. The van der Waals surface area contributed by atoms with Gasteiger partial charge < -0.3 is 14.8 Å². The average molecular weight is 494 g/mol. The Hall–Kier alpha value is -2.54. The molecule has 1 aliphatic carbocycles. The van der Waals surface area contributed by atoms with Gasteiger partial charge in [0, 0.05) is 21.5 Å². The van der Waals surface area contributed by atoms with Gasteiger partial charge in [-0.15, -0.1) is 22.7 Å². The van der Waals surface area contributed by atoms with Crippen molar-refractivity contribution in [1.82, 2.24) is 9.47 Å². The predicted octanol–water partition coefficient (Wildman–Crippen LogP) is 7.58. The lowest BCUT2D eigenvalue weighted by Gasteiger charge is -2.30. The number of thiophene rings is 2. The second kappa shape index (κ2) is 8.35. The van der Waals surface area contributed by atoms with Crippen molar-refractivity contribution < 1.29 is 4.79 Å². The zero-order chi connectivity index (χ0) is 22.5. The third kappa shape index (κ3) is 3.61. The standard InChI is InChI=1S/C26H24ClN3OS2/c1-16-10-11-20(19(27)14-16)28-26(31)30-15-18-17-6-2-3-8-22(17)33-25(18)29-12-4-7-21(29)24(30)23-9-5-13-32-23/h4-5,7,9-14,24H,2-3,6,8,15H2,1H3,(H,28,31)/t24-/m1/s1. The molecule has 4 nitrogen and oxygen atoms in total. The molecule has 7 heteroatoms. The van der Waals surface area contributed by atoms with E-state index in [0.717, 1.165) is 29.0 Å². The first-order valence-corrected chi connectivity index (χ1v) is 13.4. The van der Waals surface area contributed by atoms with Crippen LogP contribution in [0.5, 0.6) is 0 Å². The molecule has 0 saturated carbocycles. The van der Waals surface area contributed by atoms with Gasteiger partial charge in [0.1, 0.15) is 11.0 Å². The van der Waals surface area contributed by atoms with Crippen molar-refractivity contribution in [2.24, 2.45) is 0 Å². The molecule has 0 radical (unpaired) electrons. The fourth-order valence-electron chi connectivity index (χ4n) is 5.04. The van der Waals surface area contributed by atoms with Crippen LogP contribution in [0.2, 0.25) is 5.02 Å². The summed E-state index contributed by atoms with van der Waals surface area (Å²) in [4.78, 5) is 18.5. The molecule has 33 heavy (non-hydrogen) atoms. The molecule has 0 saturated heterocycles. The van der Waals surface area contributed by atoms with Gasteiger partial charge in [-0.1, -0.05) is 23.7 Å². The lowest BCUT2D eigenvalue weighted by molar-refractivity contribution is 0.195. The smallest absolute Gasteiger partial charge is 0.310 e. The molecule has 1 atom stereocenters. The molecule has 1 N–H and O–H groups in total. The van der Waals surface area contributed by atoms with Crippen molar-refractivity contribution in [2.45, 2.75) is 45.2 Å². The number of amides is 2. The SMILES string of the molecule is Cc1ccc(NC(=O)N2Cc3c(sc4c3CCCC4)-n3cccc3[C@@H]2c2cccs2)c(Cl)c1. The van der Waals surface area contributed by atoms with Crippen LogP contribution < -0.4 is 5.32 Å².